The smallest absolute Gasteiger partial charge is 0.432 e. The SMILES string of the molecule is O=C(O)C(O)(c1cn(Cc2ccccc2)c2cc([N+](=O)[O-])ccc12)C(F)(F)F.O=C(OCCO)C(O)(c1cn(Cc2ccccc2)c2cc([N+](=O)[O-])ccc12)C(F)(F)F. The van der Waals surface area contributed by atoms with E-state index in [0.29, 0.717) is 11.1 Å². The second-order valence-electron chi connectivity index (χ2n) is 12.8. The van der Waals surface area contributed by atoms with Crippen LogP contribution in [0.3, 0.4) is 0 Å². The van der Waals surface area contributed by atoms with Crippen LogP contribution in [0.15, 0.2) is 109 Å². The molecule has 0 bridgehead atoms. The van der Waals surface area contributed by atoms with E-state index >= 15 is 0 Å². The third-order valence-corrected chi connectivity index (χ3v) is 9.07. The van der Waals surface area contributed by atoms with E-state index in [1.807, 2.05) is 0 Å². The summed E-state index contributed by atoms with van der Waals surface area (Å²) in [4.78, 5) is 44.4. The molecule has 0 aliphatic heterocycles. The molecule has 0 radical (unpaired) electrons. The topological polar surface area (TPSA) is 220 Å². The summed E-state index contributed by atoms with van der Waals surface area (Å²) in [6, 6.07) is 23.2. The van der Waals surface area contributed by atoms with Crippen molar-refractivity contribution in [1.82, 2.24) is 9.13 Å². The molecule has 4 aromatic carbocycles. The molecule has 0 saturated heterocycles. The van der Waals surface area contributed by atoms with Gasteiger partial charge in [0, 0.05) is 71.6 Å². The predicted molar refractivity (Wildman–Crippen MR) is 194 cm³/mol. The highest BCUT2D eigenvalue weighted by Gasteiger charge is 2.64. The number of nitro benzene ring substituents is 2. The average molecular weight is 833 g/mol. The first-order valence-electron chi connectivity index (χ1n) is 16.9. The van der Waals surface area contributed by atoms with E-state index in [1.165, 1.54) is 9.13 Å². The Morgan fingerprint density at radius 2 is 1.03 bits per heavy atom. The van der Waals surface area contributed by atoms with E-state index in [1.54, 1.807) is 60.7 Å². The van der Waals surface area contributed by atoms with Crippen molar-refractivity contribution in [3.63, 3.8) is 0 Å². The largest absolute Gasteiger partial charge is 0.479 e. The molecule has 0 aliphatic carbocycles. The number of carbonyl (C=O) groups is 2. The number of hydrogen-bond donors (Lipinski definition) is 4. The molecule has 0 aliphatic rings. The summed E-state index contributed by atoms with van der Waals surface area (Å²) < 4.78 is 89.0. The lowest BCUT2D eigenvalue weighted by molar-refractivity contribution is -0.384. The first kappa shape index (κ1) is 43.3. The Kier molecular flexibility index (Phi) is 12.2. The standard InChI is InChI=1S/C20H17F3N2O6.C18H13F3N2O5/c21-20(22,23)19(28,18(27)31-9-8-26)16-12-24(11-13-4-2-1-3-5-13)17-10-14(25(29)30)6-7-15(16)17;19-18(20,21)17(26,16(24)25)14-10-22(9-11-4-2-1-3-5-11)15-8-12(23(27)28)6-7-13(14)15/h1-7,10,12,26,28H,8-9,11H2;1-8,10,26H,9H2,(H,24,25). The molecule has 2 aromatic heterocycles. The highest BCUT2D eigenvalue weighted by molar-refractivity contribution is 5.94. The van der Waals surface area contributed by atoms with Gasteiger partial charge in [0.15, 0.2) is 0 Å². The predicted octanol–water partition coefficient (Wildman–Crippen LogP) is 6.32. The van der Waals surface area contributed by atoms with Gasteiger partial charge in [-0.3, -0.25) is 20.2 Å². The van der Waals surface area contributed by atoms with Crippen LogP contribution in [0.2, 0.25) is 0 Å². The Morgan fingerprint density at radius 3 is 1.37 bits per heavy atom. The Morgan fingerprint density at radius 1 is 0.644 bits per heavy atom. The van der Waals surface area contributed by atoms with Crippen LogP contribution in [0, 0.1) is 20.2 Å². The van der Waals surface area contributed by atoms with Gasteiger partial charge in [-0.1, -0.05) is 60.7 Å². The van der Waals surface area contributed by atoms with E-state index in [4.69, 9.17) is 10.2 Å². The first-order chi connectivity index (χ1) is 27.6. The Bertz CT molecular complexity index is 2520. The van der Waals surface area contributed by atoms with Crippen molar-refractivity contribution >= 4 is 45.1 Å². The molecule has 0 amide bonds. The van der Waals surface area contributed by atoms with Crippen molar-refractivity contribution in [2.24, 2.45) is 0 Å². The van der Waals surface area contributed by atoms with E-state index in [2.05, 4.69) is 4.74 Å². The molecule has 0 fully saturated rings. The number of halogens is 6. The molecule has 15 nitrogen and oxygen atoms in total. The number of carboxylic acid groups (broad SMARTS) is 1. The summed E-state index contributed by atoms with van der Waals surface area (Å²) >= 11 is 0. The van der Waals surface area contributed by atoms with E-state index in [0.717, 1.165) is 48.8 Å². The zero-order chi connectivity index (χ0) is 43.5. The number of aliphatic hydroxyl groups is 3. The Balaban J connectivity index is 0.000000225. The number of nitro groups is 2. The lowest BCUT2D eigenvalue weighted by Crippen LogP contribution is -2.50. The van der Waals surface area contributed by atoms with Crippen LogP contribution in [0.1, 0.15) is 22.3 Å². The van der Waals surface area contributed by atoms with Crippen LogP contribution >= 0.6 is 0 Å². The number of hydrogen-bond acceptors (Lipinski definition) is 10. The number of fused-ring (bicyclic) bond motifs is 2. The molecule has 0 saturated carbocycles. The first-order valence-corrected chi connectivity index (χ1v) is 16.9. The molecule has 4 N–H and O–H groups in total. The molecule has 310 valence electrons. The number of carboxylic acids is 1. The number of benzene rings is 4. The van der Waals surface area contributed by atoms with Gasteiger partial charge >= 0.3 is 24.3 Å². The fourth-order valence-corrected chi connectivity index (χ4v) is 6.20. The second kappa shape index (κ2) is 16.6. The summed E-state index contributed by atoms with van der Waals surface area (Å²) in [7, 11) is 0. The van der Waals surface area contributed by atoms with Crippen LogP contribution < -0.4 is 0 Å². The van der Waals surface area contributed by atoms with E-state index < -0.39 is 69.7 Å². The van der Waals surface area contributed by atoms with Crippen LogP contribution in [-0.4, -0.2) is 76.9 Å². The Labute approximate surface area is 326 Å². The maximum Gasteiger partial charge on any atom is 0.432 e. The minimum atomic E-state index is -5.51. The summed E-state index contributed by atoms with van der Waals surface area (Å²) in [5, 5.41) is 60.3. The maximum absolute atomic E-state index is 13.9. The molecule has 2 heterocycles. The molecule has 6 rings (SSSR count). The lowest BCUT2D eigenvalue weighted by Gasteiger charge is -2.28. The van der Waals surface area contributed by atoms with Crippen molar-refractivity contribution in [2.75, 3.05) is 13.2 Å². The van der Waals surface area contributed by atoms with Crippen LogP contribution in [-0.2, 0) is 38.6 Å². The number of aromatic nitrogens is 2. The molecule has 2 atom stereocenters. The third-order valence-electron chi connectivity index (χ3n) is 9.07. The number of esters is 1. The normalized spacial score (nSPS) is 13.8. The van der Waals surface area contributed by atoms with E-state index in [9.17, 15) is 66.4 Å². The molecule has 2 unspecified atom stereocenters. The minimum Gasteiger partial charge on any atom is -0.479 e. The molecule has 59 heavy (non-hydrogen) atoms. The van der Waals surface area contributed by atoms with Crippen molar-refractivity contribution in [3.8, 4) is 0 Å². The maximum atomic E-state index is 13.9. The molecular formula is C38H30F6N4O11. The number of non-ortho nitro benzene ring substituents is 2. The van der Waals surface area contributed by atoms with Crippen molar-refractivity contribution in [1.29, 1.82) is 0 Å². The Hall–Kier alpha value is -6.84. The zero-order valence-corrected chi connectivity index (χ0v) is 29.9. The highest BCUT2D eigenvalue weighted by atomic mass is 19.4. The number of carbonyl (C=O) groups excluding carboxylic acids is 1. The number of rotatable bonds is 12. The van der Waals surface area contributed by atoms with Crippen molar-refractivity contribution < 1.29 is 70.9 Å². The third kappa shape index (κ3) is 8.42. The molecule has 0 spiro atoms. The quantitative estimate of drug-likeness (QED) is 0.0463. The average Bonchev–Trinajstić information content (AvgIpc) is 3.73. The molecular weight excluding hydrogens is 802 g/mol. The molecule has 21 heteroatoms. The minimum absolute atomic E-state index is 0.00280. The fourth-order valence-electron chi connectivity index (χ4n) is 6.20. The number of alkyl halides is 6. The monoisotopic (exact) mass is 832 g/mol. The van der Waals surface area contributed by atoms with Gasteiger partial charge in [-0.2, -0.15) is 26.3 Å². The van der Waals surface area contributed by atoms with Gasteiger partial charge in [0.25, 0.3) is 22.6 Å². The van der Waals surface area contributed by atoms with Gasteiger partial charge in [0.05, 0.1) is 27.5 Å². The number of nitrogens with zero attached hydrogens (tertiary/aromatic N) is 4. The van der Waals surface area contributed by atoms with Gasteiger partial charge in [0.2, 0.25) is 0 Å². The summed E-state index contributed by atoms with van der Waals surface area (Å²) in [5.41, 5.74) is -9.33. The van der Waals surface area contributed by atoms with Crippen LogP contribution in [0.4, 0.5) is 37.7 Å². The van der Waals surface area contributed by atoms with Crippen molar-refractivity contribution in [2.45, 2.75) is 36.6 Å². The van der Waals surface area contributed by atoms with E-state index in [-0.39, 0.29) is 46.3 Å². The number of aliphatic carboxylic acids is 1. The van der Waals surface area contributed by atoms with Crippen molar-refractivity contribution in [3.05, 3.63) is 152 Å². The van der Waals surface area contributed by atoms with Crippen LogP contribution in [0.5, 0.6) is 0 Å². The molecule has 6 aromatic rings. The highest BCUT2D eigenvalue weighted by Crippen LogP contribution is 2.45. The van der Waals surface area contributed by atoms with Gasteiger partial charge in [-0.15, -0.1) is 0 Å². The zero-order valence-electron chi connectivity index (χ0n) is 29.9. The van der Waals surface area contributed by atoms with Gasteiger partial charge in [-0.05, 0) is 23.3 Å². The second-order valence-corrected chi connectivity index (χ2v) is 12.8. The van der Waals surface area contributed by atoms with Gasteiger partial charge in [-0.25, -0.2) is 9.59 Å². The van der Waals surface area contributed by atoms with Gasteiger partial charge in [0.1, 0.15) is 6.61 Å². The fraction of sp³-hybridized carbons (Fsp3) is 0.211. The summed E-state index contributed by atoms with van der Waals surface area (Å²) in [6.07, 6.45) is -9.18. The summed E-state index contributed by atoms with van der Waals surface area (Å²) in [6.45, 7) is -1.43. The van der Waals surface area contributed by atoms with Crippen LogP contribution in [0.25, 0.3) is 21.8 Å². The number of ether oxygens (including phenoxy) is 1. The lowest BCUT2D eigenvalue weighted by atomic mass is 9.92. The number of aliphatic hydroxyl groups excluding tert-OH is 1. The van der Waals surface area contributed by atoms with Gasteiger partial charge < -0.3 is 34.3 Å². The summed E-state index contributed by atoms with van der Waals surface area (Å²) in [5.74, 6) is -4.50.